The lowest BCUT2D eigenvalue weighted by atomic mass is 10.3. The highest BCUT2D eigenvalue weighted by atomic mass is 35.5. The van der Waals surface area contributed by atoms with E-state index in [4.69, 9.17) is 27.6 Å². The predicted octanol–water partition coefficient (Wildman–Crippen LogP) is 3.04. The van der Waals surface area contributed by atoms with E-state index in [-0.39, 0.29) is 0 Å². The number of fused-ring (bicyclic) bond motifs is 1. The summed E-state index contributed by atoms with van der Waals surface area (Å²) in [5.74, 6) is 0.0298. The van der Waals surface area contributed by atoms with Crippen molar-refractivity contribution in [1.82, 2.24) is 4.57 Å². The van der Waals surface area contributed by atoms with E-state index >= 15 is 0 Å². The van der Waals surface area contributed by atoms with Gasteiger partial charge in [-0.2, -0.15) is 0 Å². The maximum absolute atomic E-state index is 11.5. The van der Waals surface area contributed by atoms with Crippen molar-refractivity contribution in [2.75, 3.05) is 5.88 Å². The number of halogens is 2. The van der Waals surface area contributed by atoms with Crippen molar-refractivity contribution >= 4 is 34.3 Å². The van der Waals surface area contributed by atoms with Crippen LogP contribution in [0.5, 0.6) is 0 Å². The summed E-state index contributed by atoms with van der Waals surface area (Å²) in [6.45, 7) is 0.429. The minimum atomic E-state index is -0.392. The van der Waals surface area contributed by atoms with E-state index < -0.39 is 5.76 Å². The van der Waals surface area contributed by atoms with Crippen LogP contribution in [0.4, 0.5) is 0 Å². The lowest BCUT2D eigenvalue weighted by Gasteiger charge is -1.96. The zero-order chi connectivity index (χ0) is 11.5. The van der Waals surface area contributed by atoms with Crippen LogP contribution in [0.1, 0.15) is 0 Å². The Hall–Kier alpha value is -1.19. The SMILES string of the molecule is O=c1oc2ccc(Cl)cc2n1CC=CCCl. The molecule has 1 aromatic heterocycles. The Balaban J connectivity index is 2.50. The maximum Gasteiger partial charge on any atom is 0.420 e. The smallest absolute Gasteiger partial charge is 0.408 e. The van der Waals surface area contributed by atoms with Crippen molar-refractivity contribution < 1.29 is 4.42 Å². The van der Waals surface area contributed by atoms with Crippen molar-refractivity contribution in [2.45, 2.75) is 6.54 Å². The second-order valence-corrected chi connectivity index (χ2v) is 3.96. The zero-order valence-electron chi connectivity index (χ0n) is 8.32. The molecule has 16 heavy (non-hydrogen) atoms. The molecular weight excluding hydrogens is 249 g/mol. The number of hydrogen-bond donors (Lipinski definition) is 0. The van der Waals surface area contributed by atoms with Crippen LogP contribution in [0.2, 0.25) is 5.02 Å². The number of hydrogen-bond acceptors (Lipinski definition) is 2. The molecule has 0 atom stereocenters. The molecule has 0 unspecified atom stereocenters. The van der Waals surface area contributed by atoms with E-state index in [0.29, 0.717) is 28.5 Å². The molecule has 2 aromatic rings. The van der Waals surface area contributed by atoms with Crippen LogP contribution in [0.15, 0.2) is 39.6 Å². The van der Waals surface area contributed by atoms with Crippen molar-refractivity contribution in [3.63, 3.8) is 0 Å². The second kappa shape index (κ2) is 4.76. The Bertz CT molecular complexity index is 583. The van der Waals surface area contributed by atoms with Gasteiger partial charge in [0.05, 0.1) is 5.52 Å². The fourth-order valence-electron chi connectivity index (χ4n) is 1.45. The molecule has 0 aliphatic heterocycles. The molecular formula is C11H9Cl2NO2. The van der Waals surface area contributed by atoms with E-state index in [1.807, 2.05) is 6.08 Å². The number of rotatable bonds is 3. The van der Waals surface area contributed by atoms with Gasteiger partial charge in [-0.05, 0) is 18.2 Å². The molecule has 2 rings (SSSR count). The van der Waals surface area contributed by atoms with Gasteiger partial charge in [0.25, 0.3) is 0 Å². The molecule has 0 bridgehead atoms. The van der Waals surface area contributed by atoms with Crippen LogP contribution in [0.3, 0.4) is 0 Å². The first-order chi connectivity index (χ1) is 7.72. The Labute approximate surface area is 102 Å². The molecule has 0 aliphatic carbocycles. The summed E-state index contributed by atoms with van der Waals surface area (Å²) in [6, 6.07) is 5.07. The van der Waals surface area contributed by atoms with Gasteiger partial charge >= 0.3 is 5.76 Å². The first kappa shape index (κ1) is 11.3. The average Bonchev–Trinajstić information content (AvgIpc) is 2.56. The van der Waals surface area contributed by atoms with E-state index in [1.54, 1.807) is 24.3 Å². The number of aromatic nitrogens is 1. The zero-order valence-corrected chi connectivity index (χ0v) is 9.83. The minimum Gasteiger partial charge on any atom is -0.408 e. The average molecular weight is 258 g/mol. The Morgan fingerprint density at radius 2 is 2.19 bits per heavy atom. The lowest BCUT2D eigenvalue weighted by molar-refractivity contribution is 0.519. The fraction of sp³-hybridized carbons (Fsp3) is 0.182. The van der Waals surface area contributed by atoms with Crippen molar-refractivity contribution in [3.05, 3.63) is 45.9 Å². The normalized spacial score (nSPS) is 11.6. The summed E-state index contributed by atoms with van der Waals surface area (Å²) in [7, 11) is 0. The minimum absolute atomic E-state index is 0.392. The van der Waals surface area contributed by atoms with Crippen LogP contribution in [0.25, 0.3) is 11.1 Å². The molecule has 0 radical (unpaired) electrons. The van der Waals surface area contributed by atoms with Crippen molar-refractivity contribution in [1.29, 1.82) is 0 Å². The molecule has 0 saturated carbocycles. The van der Waals surface area contributed by atoms with E-state index in [1.165, 1.54) is 4.57 Å². The third kappa shape index (κ3) is 2.15. The summed E-state index contributed by atoms with van der Waals surface area (Å²) in [4.78, 5) is 11.5. The number of oxazole rings is 1. The molecule has 3 nitrogen and oxygen atoms in total. The highest BCUT2D eigenvalue weighted by Crippen LogP contribution is 2.18. The summed E-state index contributed by atoms with van der Waals surface area (Å²) in [6.07, 6.45) is 3.58. The molecule has 1 heterocycles. The topological polar surface area (TPSA) is 35.1 Å². The summed E-state index contributed by atoms with van der Waals surface area (Å²) in [5.41, 5.74) is 1.23. The lowest BCUT2D eigenvalue weighted by Crippen LogP contribution is -2.12. The Kier molecular flexibility index (Phi) is 3.36. The third-order valence-corrected chi connectivity index (χ3v) is 2.59. The van der Waals surface area contributed by atoms with Gasteiger partial charge in [0.15, 0.2) is 5.58 Å². The maximum atomic E-state index is 11.5. The molecule has 0 spiro atoms. The monoisotopic (exact) mass is 257 g/mol. The van der Waals surface area contributed by atoms with Crippen molar-refractivity contribution in [2.24, 2.45) is 0 Å². The van der Waals surface area contributed by atoms with Crippen LogP contribution in [-0.2, 0) is 6.54 Å². The number of benzene rings is 1. The summed E-state index contributed by atoms with van der Waals surface area (Å²) >= 11 is 11.4. The molecule has 0 aliphatic rings. The van der Waals surface area contributed by atoms with Gasteiger partial charge in [0.1, 0.15) is 0 Å². The number of alkyl halides is 1. The predicted molar refractivity (Wildman–Crippen MR) is 65.3 cm³/mol. The molecule has 0 saturated heterocycles. The fourth-order valence-corrected chi connectivity index (χ4v) is 1.74. The molecule has 84 valence electrons. The summed E-state index contributed by atoms with van der Waals surface area (Å²) in [5, 5.41) is 0.573. The molecule has 0 amide bonds. The number of nitrogens with zero attached hydrogens (tertiary/aromatic N) is 1. The van der Waals surface area contributed by atoms with Crippen LogP contribution in [-0.4, -0.2) is 10.4 Å². The quantitative estimate of drug-likeness (QED) is 0.626. The van der Waals surface area contributed by atoms with Crippen LogP contribution in [0, 0.1) is 0 Å². The first-order valence-electron chi connectivity index (χ1n) is 4.72. The van der Waals surface area contributed by atoms with Gasteiger partial charge < -0.3 is 4.42 Å². The highest BCUT2D eigenvalue weighted by Gasteiger charge is 2.07. The van der Waals surface area contributed by atoms with Crippen LogP contribution >= 0.6 is 23.2 Å². The largest absolute Gasteiger partial charge is 0.420 e. The molecule has 1 aromatic carbocycles. The number of allylic oxidation sites excluding steroid dienone is 2. The van der Waals surface area contributed by atoms with Gasteiger partial charge in [-0.25, -0.2) is 4.79 Å². The van der Waals surface area contributed by atoms with E-state index in [2.05, 4.69) is 0 Å². The van der Waals surface area contributed by atoms with Crippen molar-refractivity contribution in [3.8, 4) is 0 Å². The van der Waals surface area contributed by atoms with Gasteiger partial charge in [-0.1, -0.05) is 23.8 Å². The van der Waals surface area contributed by atoms with E-state index in [9.17, 15) is 4.79 Å². The van der Waals surface area contributed by atoms with Gasteiger partial charge in [0, 0.05) is 17.4 Å². The van der Waals surface area contributed by atoms with Gasteiger partial charge in [0.2, 0.25) is 0 Å². The van der Waals surface area contributed by atoms with Crippen LogP contribution < -0.4 is 5.76 Å². The second-order valence-electron chi connectivity index (χ2n) is 3.22. The molecule has 0 N–H and O–H groups in total. The first-order valence-corrected chi connectivity index (χ1v) is 5.63. The third-order valence-electron chi connectivity index (χ3n) is 2.17. The Morgan fingerprint density at radius 3 is 2.94 bits per heavy atom. The Morgan fingerprint density at radius 1 is 1.38 bits per heavy atom. The van der Waals surface area contributed by atoms with E-state index in [0.717, 1.165) is 0 Å². The van der Waals surface area contributed by atoms with Gasteiger partial charge in [-0.15, -0.1) is 11.6 Å². The van der Waals surface area contributed by atoms with Gasteiger partial charge in [-0.3, -0.25) is 4.57 Å². The highest BCUT2D eigenvalue weighted by molar-refractivity contribution is 6.31. The molecule has 0 fully saturated rings. The molecule has 5 heteroatoms. The summed E-state index contributed by atoms with van der Waals surface area (Å²) < 4.78 is 6.57. The standard InChI is InChI=1S/C11H9Cl2NO2/c12-5-1-2-6-14-9-7-8(13)3-4-10(9)16-11(14)15/h1-4,7H,5-6H2.